The van der Waals surface area contributed by atoms with Gasteiger partial charge in [0.05, 0.1) is 4.92 Å². The summed E-state index contributed by atoms with van der Waals surface area (Å²) in [5, 5.41) is 14.7. The van der Waals surface area contributed by atoms with Crippen molar-refractivity contribution < 1.29 is 4.92 Å². The topological polar surface area (TPSA) is 71.3 Å². The highest BCUT2D eigenvalue weighted by atomic mass is 16.6. The number of piperidine rings is 1. The van der Waals surface area contributed by atoms with Crippen LogP contribution in [0.3, 0.4) is 0 Å². The Labute approximate surface area is 112 Å². The second kappa shape index (κ2) is 4.77. The molecule has 6 nitrogen and oxygen atoms in total. The van der Waals surface area contributed by atoms with Crippen molar-refractivity contribution in [3.05, 3.63) is 28.6 Å². The molecule has 2 saturated heterocycles. The van der Waals surface area contributed by atoms with Gasteiger partial charge in [0.25, 0.3) is 0 Å². The van der Waals surface area contributed by atoms with Gasteiger partial charge in [0.2, 0.25) is 0 Å². The van der Waals surface area contributed by atoms with Crippen LogP contribution in [0.5, 0.6) is 0 Å². The van der Waals surface area contributed by atoms with Crippen LogP contribution in [-0.4, -0.2) is 35.1 Å². The zero-order chi connectivity index (χ0) is 13.4. The molecule has 1 aromatic rings. The van der Waals surface area contributed by atoms with E-state index in [1.807, 2.05) is 7.05 Å². The first kappa shape index (κ1) is 12.3. The summed E-state index contributed by atoms with van der Waals surface area (Å²) in [6, 6.07) is 3.27. The lowest BCUT2D eigenvalue weighted by Gasteiger charge is -2.36. The number of aromatic nitrogens is 1. The number of hydrogen-bond acceptors (Lipinski definition) is 5. The molecule has 102 valence electrons. The van der Waals surface area contributed by atoms with Gasteiger partial charge in [0, 0.05) is 31.4 Å². The van der Waals surface area contributed by atoms with Crippen molar-refractivity contribution >= 4 is 11.4 Å². The van der Waals surface area contributed by atoms with Crippen LogP contribution < -0.4 is 10.2 Å². The molecule has 6 heteroatoms. The maximum absolute atomic E-state index is 11.1. The maximum atomic E-state index is 11.1. The molecule has 2 aliphatic heterocycles. The van der Waals surface area contributed by atoms with Gasteiger partial charge in [-0.3, -0.25) is 15.1 Å². The quantitative estimate of drug-likeness (QED) is 0.663. The Bertz CT molecular complexity index is 481. The molecular formula is C13H18N4O2. The fourth-order valence-corrected chi connectivity index (χ4v) is 3.36. The molecule has 1 N–H and O–H groups in total. The van der Waals surface area contributed by atoms with E-state index in [1.165, 1.54) is 19.0 Å². The highest BCUT2D eigenvalue weighted by Crippen LogP contribution is 2.34. The minimum Gasteiger partial charge on any atom is -0.366 e. The van der Waals surface area contributed by atoms with E-state index in [0.29, 0.717) is 23.8 Å². The van der Waals surface area contributed by atoms with Gasteiger partial charge >= 0.3 is 5.69 Å². The molecular weight excluding hydrogens is 244 g/mol. The molecule has 2 aliphatic rings. The van der Waals surface area contributed by atoms with Crippen molar-refractivity contribution in [2.45, 2.75) is 43.8 Å². The molecule has 3 rings (SSSR count). The summed E-state index contributed by atoms with van der Waals surface area (Å²) < 4.78 is 0. The fourth-order valence-electron chi connectivity index (χ4n) is 3.36. The molecule has 0 aliphatic carbocycles. The van der Waals surface area contributed by atoms with Crippen LogP contribution in [0.25, 0.3) is 0 Å². The summed E-state index contributed by atoms with van der Waals surface area (Å²) in [7, 11) is 1.96. The van der Waals surface area contributed by atoms with E-state index < -0.39 is 0 Å². The SMILES string of the molecule is CN(c1ccncc1[N+](=O)[O-])C1CC2CCC(C1)N2. The van der Waals surface area contributed by atoms with Crippen LogP contribution >= 0.6 is 0 Å². The summed E-state index contributed by atoms with van der Waals surface area (Å²) in [4.78, 5) is 16.6. The minimum atomic E-state index is -0.353. The molecule has 0 saturated carbocycles. The molecule has 3 heterocycles. The lowest BCUT2D eigenvalue weighted by molar-refractivity contribution is -0.384. The van der Waals surface area contributed by atoms with E-state index in [0.717, 1.165) is 12.8 Å². The fraction of sp³-hybridized carbons (Fsp3) is 0.615. The maximum Gasteiger partial charge on any atom is 0.310 e. The average molecular weight is 262 g/mol. The minimum absolute atomic E-state index is 0.0934. The number of pyridine rings is 1. The Morgan fingerprint density at radius 1 is 1.42 bits per heavy atom. The largest absolute Gasteiger partial charge is 0.366 e. The van der Waals surface area contributed by atoms with Gasteiger partial charge in [-0.05, 0) is 31.7 Å². The number of hydrogen-bond donors (Lipinski definition) is 1. The van der Waals surface area contributed by atoms with Crippen molar-refractivity contribution in [3.63, 3.8) is 0 Å². The van der Waals surface area contributed by atoms with E-state index in [1.54, 1.807) is 12.3 Å². The van der Waals surface area contributed by atoms with E-state index in [4.69, 9.17) is 0 Å². The van der Waals surface area contributed by atoms with Crippen LogP contribution in [0.4, 0.5) is 11.4 Å². The third-order valence-electron chi connectivity index (χ3n) is 4.35. The molecule has 0 radical (unpaired) electrons. The summed E-state index contributed by atoms with van der Waals surface area (Å²) in [6.07, 6.45) is 7.54. The van der Waals surface area contributed by atoms with Gasteiger partial charge in [0.1, 0.15) is 11.9 Å². The summed E-state index contributed by atoms with van der Waals surface area (Å²) in [5.41, 5.74) is 0.766. The second-order valence-electron chi connectivity index (χ2n) is 5.50. The molecule has 2 fully saturated rings. The van der Waals surface area contributed by atoms with E-state index in [9.17, 15) is 10.1 Å². The second-order valence-corrected chi connectivity index (χ2v) is 5.50. The van der Waals surface area contributed by atoms with Gasteiger partial charge < -0.3 is 10.2 Å². The Hall–Kier alpha value is -1.69. The van der Waals surface area contributed by atoms with Crippen molar-refractivity contribution in [1.29, 1.82) is 0 Å². The number of anilines is 1. The highest BCUT2D eigenvalue weighted by Gasteiger charge is 2.36. The van der Waals surface area contributed by atoms with Gasteiger partial charge in [-0.25, -0.2) is 0 Å². The Morgan fingerprint density at radius 3 is 2.74 bits per heavy atom. The van der Waals surface area contributed by atoms with Crippen LogP contribution in [-0.2, 0) is 0 Å². The summed E-state index contributed by atoms with van der Waals surface area (Å²) in [6.45, 7) is 0. The Balaban J connectivity index is 1.84. The van der Waals surface area contributed by atoms with Crippen LogP contribution in [0.15, 0.2) is 18.5 Å². The molecule has 0 aromatic carbocycles. The van der Waals surface area contributed by atoms with Gasteiger partial charge in [-0.2, -0.15) is 0 Å². The average Bonchev–Trinajstić information content (AvgIpc) is 2.76. The monoisotopic (exact) mass is 262 g/mol. The third kappa shape index (κ3) is 2.28. The molecule has 0 amide bonds. The smallest absolute Gasteiger partial charge is 0.310 e. The highest BCUT2D eigenvalue weighted by molar-refractivity contribution is 5.61. The van der Waals surface area contributed by atoms with Crippen molar-refractivity contribution in [1.82, 2.24) is 10.3 Å². The van der Waals surface area contributed by atoms with Crippen LogP contribution in [0, 0.1) is 10.1 Å². The molecule has 2 bridgehead atoms. The van der Waals surface area contributed by atoms with Crippen LogP contribution in [0.1, 0.15) is 25.7 Å². The van der Waals surface area contributed by atoms with E-state index in [-0.39, 0.29) is 10.6 Å². The van der Waals surface area contributed by atoms with Gasteiger partial charge in [-0.15, -0.1) is 0 Å². The Kier molecular flexibility index (Phi) is 3.10. The summed E-state index contributed by atoms with van der Waals surface area (Å²) >= 11 is 0. The number of nitrogens with zero attached hydrogens (tertiary/aromatic N) is 3. The van der Waals surface area contributed by atoms with Crippen molar-refractivity contribution in [3.8, 4) is 0 Å². The van der Waals surface area contributed by atoms with E-state index in [2.05, 4.69) is 15.2 Å². The predicted molar refractivity (Wildman–Crippen MR) is 72.3 cm³/mol. The normalized spacial score (nSPS) is 29.2. The zero-order valence-electron chi connectivity index (χ0n) is 11.0. The number of fused-ring (bicyclic) bond motifs is 2. The number of rotatable bonds is 3. The summed E-state index contributed by atoms with van der Waals surface area (Å²) in [5.74, 6) is 0. The van der Waals surface area contributed by atoms with Crippen molar-refractivity contribution in [2.24, 2.45) is 0 Å². The molecule has 0 spiro atoms. The number of nitrogens with one attached hydrogen (secondary N) is 1. The number of nitro groups is 1. The lowest BCUT2D eigenvalue weighted by atomic mass is 9.98. The van der Waals surface area contributed by atoms with Crippen molar-refractivity contribution in [2.75, 3.05) is 11.9 Å². The first-order chi connectivity index (χ1) is 9.15. The van der Waals surface area contributed by atoms with Gasteiger partial charge in [-0.1, -0.05) is 0 Å². The predicted octanol–water partition coefficient (Wildman–Crippen LogP) is 1.71. The zero-order valence-corrected chi connectivity index (χ0v) is 11.0. The Morgan fingerprint density at radius 2 is 2.11 bits per heavy atom. The first-order valence-corrected chi connectivity index (χ1v) is 6.72. The van der Waals surface area contributed by atoms with Gasteiger partial charge in [0.15, 0.2) is 0 Å². The lowest BCUT2D eigenvalue weighted by Crippen LogP contribution is -2.47. The van der Waals surface area contributed by atoms with E-state index >= 15 is 0 Å². The standard InChI is InChI=1S/C13H18N4O2/c1-16(11-6-9-2-3-10(7-11)15-9)12-4-5-14-8-13(12)17(18)19/h4-5,8-11,15H,2-3,6-7H2,1H3. The van der Waals surface area contributed by atoms with Crippen LogP contribution in [0.2, 0.25) is 0 Å². The third-order valence-corrected chi connectivity index (χ3v) is 4.35. The molecule has 1 aromatic heterocycles. The molecule has 19 heavy (non-hydrogen) atoms. The molecule has 2 atom stereocenters. The first-order valence-electron chi connectivity index (χ1n) is 6.72. The molecule has 2 unspecified atom stereocenters.